The molecule has 1 atom stereocenters. The molecule has 2 aromatic rings. The van der Waals surface area contributed by atoms with Crippen LogP contribution in [0.2, 0.25) is 0 Å². The van der Waals surface area contributed by atoms with E-state index in [-0.39, 0.29) is 24.2 Å². The van der Waals surface area contributed by atoms with Crippen LogP contribution in [0.25, 0.3) is 11.0 Å². The molecule has 0 spiro atoms. The van der Waals surface area contributed by atoms with E-state index in [0.29, 0.717) is 12.5 Å². The van der Waals surface area contributed by atoms with Crippen molar-refractivity contribution in [3.63, 3.8) is 0 Å². The number of nitrogens with zero attached hydrogens (tertiary/aromatic N) is 3. The number of benzene rings is 1. The monoisotopic (exact) mass is 330 g/mol. The van der Waals surface area contributed by atoms with Gasteiger partial charge in [-0.2, -0.15) is 0 Å². The molecule has 0 bridgehead atoms. The Bertz CT molecular complexity index is 782. The third-order valence-electron chi connectivity index (χ3n) is 5.17. The Hall–Kier alpha value is -2.08. The van der Waals surface area contributed by atoms with Crippen LogP contribution >= 0.6 is 0 Å². The summed E-state index contributed by atoms with van der Waals surface area (Å²) in [4.78, 5) is 27.1. The van der Waals surface area contributed by atoms with E-state index in [9.17, 15) is 9.59 Å². The van der Waals surface area contributed by atoms with E-state index in [1.54, 1.807) is 9.13 Å². The first-order chi connectivity index (χ1) is 11.5. The van der Waals surface area contributed by atoms with E-state index in [1.807, 2.05) is 43.0 Å². The van der Waals surface area contributed by atoms with Gasteiger partial charge < -0.3 is 10.6 Å². The van der Waals surface area contributed by atoms with Gasteiger partial charge in [0.1, 0.15) is 6.54 Å². The Balaban J connectivity index is 1.80. The topological polar surface area (TPSA) is 73.3 Å². The number of aryl methyl sites for hydroxylation is 1. The number of imidazole rings is 1. The standard InChI is InChI=1S/C18H26N4O2/c1-3-21-15-6-4-5-7-16(15)22(18(21)24)12-17(23)20-10-8-14(9-11-20)13(2)19/h4-7,13-14H,3,8-12,19H2,1-2H3. The Morgan fingerprint density at radius 1 is 1.21 bits per heavy atom. The normalized spacial score (nSPS) is 17.4. The molecule has 0 saturated carbocycles. The van der Waals surface area contributed by atoms with Crippen molar-refractivity contribution in [2.45, 2.75) is 45.8 Å². The highest BCUT2D eigenvalue weighted by Gasteiger charge is 2.25. The summed E-state index contributed by atoms with van der Waals surface area (Å²) in [6.45, 7) is 6.13. The molecule has 1 amide bonds. The largest absolute Gasteiger partial charge is 0.341 e. The minimum Gasteiger partial charge on any atom is -0.341 e. The fraction of sp³-hybridized carbons (Fsp3) is 0.556. The molecule has 0 aliphatic carbocycles. The van der Waals surface area contributed by atoms with Gasteiger partial charge in [-0.25, -0.2) is 4.79 Å². The maximum Gasteiger partial charge on any atom is 0.329 e. The van der Waals surface area contributed by atoms with Gasteiger partial charge in [0.25, 0.3) is 0 Å². The zero-order valence-electron chi connectivity index (χ0n) is 14.4. The lowest BCUT2D eigenvalue weighted by Gasteiger charge is -2.33. The quantitative estimate of drug-likeness (QED) is 0.921. The number of aromatic nitrogens is 2. The summed E-state index contributed by atoms with van der Waals surface area (Å²) >= 11 is 0. The maximum absolute atomic E-state index is 12.7. The minimum atomic E-state index is -0.113. The molecule has 1 saturated heterocycles. The van der Waals surface area contributed by atoms with Gasteiger partial charge >= 0.3 is 5.69 Å². The third kappa shape index (κ3) is 2.98. The second-order valence-corrected chi connectivity index (χ2v) is 6.68. The van der Waals surface area contributed by atoms with E-state index in [1.165, 1.54) is 0 Å². The molecule has 6 heteroatoms. The summed E-state index contributed by atoms with van der Waals surface area (Å²) < 4.78 is 3.31. The lowest BCUT2D eigenvalue weighted by molar-refractivity contribution is -0.133. The Labute approximate surface area is 141 Å². The van der Waals surface area contributed by atoms with Crippen molar-refractivity contribution in [2.75, 3.05) is 13.1 Å². The number of para-hydroxylation sites is 2. The van der Waals surface area contributed by atoms with E-state index in [0.717, 1.165) is 37.0 Å². The Morgan fingerprint density at radius 2 is 1.79 bits per heavy atom. The molecule has 1 aromatic carbocycles. The number of hydrogen-bond donors (Lipinski definition) is 1. The molecule has 1 unspecified atom stereocenters. The van der Waals surface area contributed by atoms with Crippen LogP contribution in [-0.4, -0.2) is 39.1 Å². The highest BCUT2D eigenvalue weighted by molar-refractivity contribution is 5.81. The fourth-order valence-corrected chi connectivity index (χ4v) is 3.64. The first-order valence-corrected chi connectivity index (χ1v) is 8.74. The SMILES string of the molecule is CCn1c(=O)n(CC(=O)N2CCC(C(C)N)CC2)c2ccccc21. The van der Waals surface area contributed by atoms with Gasteiger partial charge in [0, 0.05) is 25.7 Å². The number of likely N-dealkylation sites (tertiary alicyclic amines) is 1. The van der Waals surface area contributed by atoms with Crippen molar-refractivity contribution in [1.29, 1.82) is 0 Å². The van der Waals surface area contributed by atoms with E-state index in [4.69, 9.17) is 5.73 Å². The number of nitrogens with two attached hydrogens (primary N) is 1. The summed E-state index contributed by atoms with van der Waals surface area (Å²) in [6, 6.07) is 7.82. The van der Waals surface area contributed by atoms with Gasteiger partial charge in [0.2, 0.25) is 5.91 Å². The van der Waals surface area contributed by atoms with Gasteiger partial charge in [-0.05, 0) is 44.7 Å². The van der Waals surface area contributed by atoms with Gasteiger partial charge in [0.05, 0.1) is 11.0 Å². The van der Waals surface area contributed by atoms with Gasteiger partial charge in [-0.1, -0.05) is 12.1 Å². The van der Waals surface area contributed by atoms with E-state index < -0.39 is 0 Å². The number of carbonyl (C=O) groups is 1. The molecule has 3 rings (SSSR count). The number of amides is 1. The maximum atomic E-state index is 12.7. The van der Waals surface area contributed by atoms with Crippen LogP contribution in [-0.2, 0) is 17.9 Å². The molecule has 24 heavy (non-hydrogen) atoms. The summed E-state index contributed by atoms with van der Waals surface area (Å²) in [5, 5.41) is 0. The van der Waals surface area contributed by atoms with Crippen LogP contribution in [0.5, 0.6) is 0 Å². The van der Waals surface area contributed by atoms with Crippen molar-refractivity contribution in [3.8, 4) is 0 Å². The summed E-state index contributed by atoms with van der Waals surface area (Å²) in [6.07, 6.45) is 1.88. The van der Waals surface area contributed by atoms with E-state index in [2.05, 4.69) is 0 Å². The number of rotatable bonds is 4. The molecule has 1 aliphatic heterocycles. The predicted molar refractivity (Wildman–Crippen MR) is 94.8 cm³/mol. The average Bonchev–Trinajstić information content (AvgIpc) is 2.86. The van der Waals surface area contributed by atoms with E-state index >= 15 is 0 Å². The second kappa shape index (κ2) is 6.81. The van der Waals surface area contributed by atoms with Crippen molar-refractivity contribution in [1.82, 2.24) is 14.0 Å². The van der Waals surface area contributed by atoms with Crippen molar-refractivity contribution in [2.24, 2.45) is 11.7 Å². The third-order valence-corrected chi connectivity index (χ3v) is 5.17. The van der Waals surface area contributed by atoms with Crippen LogP contribution in [0.15, 0.2) is 29.1 Å². The van der Waals surface area contributed by atoms with Crippen LogP contribution in [0.3, 0.4) is 0 Å². The molecular formula is C18H26N4O2. The number of carbonyl (C=O) groups excluding carboxylic acids is 1. The van der Waals surface area contributed by atoms with Gasteiger partial charge in [-0.15, -0.1) is 0 Å². The van der Waals surface area contributed by atoms with Crippen LogP contribution in [0, 0.1) is 5.92 Å². The minimum absolute atomic E-state index is 0.0132. The number of piperidine rings is 1. The lowest BCUT2D eigenvalue weighted by Crippen LogP contribution is -2.44. The smallest absolute Gasteiger partial charge is 0.329 e. The first-order valence-electron chi connectivity index (χ1n) is 8.74. The molecule has 2 heterocycles. The molecule has 1 aliphatic rings. The molecular weight excluding hydrogens is 304 g/mol. The highest BCUT2D eigenvalue weighted by atomic mass is 16.2. The molecule has 6 nitrogen and oxygen atoms in total. The Morgan fingerprint density at radius 3 is 2.33 bits per heavy atom. The zero-order chi connectivity index (χ0) is 17.3. The second-order valence-electron chi connectivity index (χ2n) is 6.68. The van der Waals surface area contributed by atoms with Crippen LogP contribution < -0.4 is 11.4 Å². The van der Waals surface area contributed by atoms with Gasteiger partial charge in [0.15, 0.2) is 0 Å². The van der Waals surface area contributed by atoms with Crippen molar-refractivity contribution >= 4 is 16.9 Å². The lowest BCUT2D eigenvalue weighted by atomic mass is 9.91. The van der Waals surface area contributed by atoms with Gasteiger partial charge in [-0.3, -0.25) is 13.9 Å². The van der Waals surface area contributed by atoms with Crippen LogP contribution in [0.1, 0.15) is 26.7 Å². The summed E-state index contributed by atoms with van der Waals surface area (Å²) in [7, 11) is 0. The molecule has 0 radical (unpaired) electrons. The molecule has 1 aromatic heterocycles. The molecule has 2 N–H and O–H groups in total. The number of fused-ring (bicyclic) bond motifs is 1. The fourth-order valence-electron chi connectivity index (χ4n) is 3.64. The molecule has 130 valence electrons. The zero-order valence-corrected chi connectivity index (χ0v) is 14.4. The molecule has 1 fully saturated rings. The first kappa shape index (κ1) is 16.8. The van der Waals surface area contributed by atoms with Crippen LogP contribution in [0.4, 0.5) is 0 Å². The highest BCUT2D eigenvalue weighted by Crippen LogP contribution is 2.20. The van der Waals surface area contributed by atoms with Crippen molar-refractivity contribution in [3.05, 3.63) is 34.7 Å². The predicted octanol–water partition coefficient (Wildman–Crippen LogP) is 1.41. The summed E-state index contributed by atoms with van der Waals surface area (Å²) in [5.74, 6) is 0.498. The Kier molecular flexibility index (Phi) is 4.76. The van der Waals surface area contributed by atoms with Crippen molar-refractivity contribution < 1.29 is 4.79 Å². The number of hydrogen-bond acceptors (Lipinski definition) is 3. The average molecular weight is 330 g/mol. The summed E-state index contributed by atoms with van der Waals surface area (Å²) in [5.41, 5.74) is 7.55.